The number of halogens is 2. The lowest BCUT2D eigenvalue weighted by molar-refractivity contribution is -0.0556. The first-order valence-electron chi connectivity index (χ1n) is 4.12. The SMILES string of the molecule is CC(=N)c1cccc(C(F)(F)CO)c1. The standard InChI is InChI=1S/C10H11F2NO/c1-7(13)8-3-2-4-9(5-8)10(11,12)6-14/h2-5,13-14H,6H2,1H3. The van der Waals surface area contributed by atoms with E-state index in [1.165, 1.54) is 25.1 Å². The van der Waals surface area contributed by atoms with E-state index in [2.05, 4.69) is 0 Å². The quantitative estimate of drug-likeness (QED) is 0.720. The number of aliphatic hydroxyl groups excluding tert-OH is 1. The second kappa shape index (κ2) is 3.84. The summed E-state index contributed by atoms with van der Waals surface area (Å²) in [6.45, 7) is 0.309. The van der Waals surface area contributed by atoms with Crippen molar-refractivity contribution in [2.45, 2.75) is 12.8 Å². The molecule has 0 radical (unpaired) electrons. The van der Waals surface area contributed by atoms with E-state index in [-0.39, 0.29) is 11.3 Å². The van der Waals surface area contributed by atoms with Gasteiger partial charge in [0.1, 0.15) is 6.61 Å². The molecule has 1 aromatic rings. The van der Waals surface area contributed by atoms with Crippen LogP contribution in [0.4, 0.5) is 8.78 Å². The predicted molar refractivity (Wildman–Crippen MR) is 49.9 cm³/mol. The van der Waals surface area contributed by atoms with Crippen LogP contribution in [0.25, 0.3) is 0 Å². The van der Waals surface area contributed by atoms with Crippen molar-refractivity contribution < 1.29 is 13.9 Å². The molecule has 1 aromatic carbocycles. The van der Waals surface area contributed by atoms with E-state index < -0.39 is 12.5 Å². The molecule has 0 atom stereocenters. The van der Waals surface area contributed by atoms with E-state index in [1.807, 2.05) is 0 Å². The van der Waals surface area contributed by atoms with Crippen LogP contribution in [0.1, 0.15) is 18.1 Å². The highest BCUT2D eigenvalue weighted by molar-refractivity contribution is 5.96. The van der Waals surface area contributed by atoms with Crippen LogP contribution in [0.3, 0.4) is 0 Å². The molecule has 0 heterocycles. The Morgan fingerprint density at radius 1 is 1.50 bits per heavy atom. The third-order valence-electron chi connectivity index (χ3n) is 1.92. The van der Waals surface area contributed by atoms with Crippen molar-refractivity contribution in [3.05, 3.63) is 35.4 Å². The van der Waals surface area contributed by atoms with Crippen LogP contribution in [-0.2, 0) is 5.92 Å². The second-order valence-electron chi connectivity index (χ2n) is 3.07. The summed E-state index contributed by atoms with van der Waals surface area (Å²) in [6, 6.07) is 5.49. The average Bonchev–Trinajstić information content (AvgIpc) is 2.18. The summed E-state index contributed by atoms with van der Waals surface area (Å²) >= 11 is 0. The summed E-state index contributed by atoms with van der Waals surface area (Å²) in [4.78, 5) is 0. The lowest BCUT2D eigenvalue weighted by Gasteiger charge is -2.14. The lowest BCUT2D eigenvalue weighted by Crippen LogP contribution is -2.18. The van der Waals surface area contributed by atoms with Crippen LogP contribution < -0.4 is 0 Å². The summed E-state index contributed by atoms with van der Waals surface area (Å²) in [7, 11) is 0. The molecule has 0 aliphatic heterocycles. The molecule has 0 aliphatic carbocycles. The number of hydrogen-bond donors (Lipinski definition) is 2. The molecule has 0 spiro atoms. The fraction of sp³-hybridized carbons (Fsp3) is 0.300. The summed E-state index contributed by atoms with van der Waals surface area (Å²) in [6.07, 6.45) is 0. The van der Waals surface area contributed by atoms with Gasteiger partial charge in [-0.05, 0) is 18.6 Å². The molecule has 1 rings (SSSR count). The first kappa shape index (κ1) is 10.8. The number of nitrogens with one attached hydrogen (secondary N) is 1. The van der Waals surface area contributed by atoms with Gasteiger partial charge in [0.15, 0.2) is 0 Å². The summed E-state index contributed by atoms with van der Waals surface area (Å²) in [5.41, 5.74) is 0.403. The van der Waals surface area contributed by atoms with E-state index in [0.717, 1.165) is 0 Å². The van der Waals surface area contributed by atoms with Crippen LogP contribution in [0.5, 0.6) is 0 Å². The number of hydrogen-bond acceptors (Lipinski definition) is 2. The Morgan fingerprint density at radius 3 is 2.64 bits per heavy atom. The first-order chi connectivity index (χ1) is 6.47. The molecular formula is C10H11F2NO. The fourth-order valence-corrected chi connectivity index (χ4v) is 1.07. The second-order valence-corrected chi connectivity index (χ2v) is 3.07. The van der Waals surface area contributed by atoms with Crippen LogP contribution >= 0.6 is 0 Å². The van der Waals surface area contributed by atoms with Gasteiger partial charge in [0.05, 0.1) is 0 Å². The molecule has 0 saturated carbocycles. The predicted octanol–water partition coefficient (Wildman–Crippen LogP) is 2.16. The molecule has 0 saturated heterocycles. The maximum Gasteiger partial charge on any atom is 0.295 e. The molecule has 0 fully saturated rings. The average molecular weight is 199 g/mol. The molecule has 0 aliphatic rings. The molecule has 0 amide bonds. The van der Waals surface area contributed by atoms with Gasteiger partial charge in [0.25, 0.3) is 5.92 Å². The van der Waals surface area contributed by atoms with Gasteiger partial charge >= 0.3 is 0 Å². The smallest absolute Gasteiger partial charge is 0.295 e. The molecular weight excluding hydrogens is 188 g/mol. The van der Waals surface area contributed by atoms with Gasteiger partial charge in [-0.15, -0.1) is 0 Å². The summed E-state index contributed by atoms with van der Waals surface area (Å²) < 4.78 is 26.0. The van der Waals surface area contributed by atoms with Gasteiger partial charge in [0, 0.05) is 11.3 Å². The van der Waals surface area contributed by atoms with Gasteiger partial charge in [-0.1, -0.05) is 18.2 Å². The highest BCUT2D eigenvalue weighted by Gasteiger charge is 2.30. The Bertz CT molecular complexity index is 350. The van der Waals surface area contributed by atoms with Crippen LogP contribution in [-0.4, -0.2) is 17.4 Å². The van der Waals surface area contributed by atoms with Crippen molar-refractivity contribution in [2.75, 3.05) is 6.61 Å². The van der Waals surface area contributed by atoms with Crippen molar-refractivity contribution in [1.82, 2.24) is 0 Å². The summed E-state index contributed by atoms with van der Waals surface area (Å²) in [5.74, 6) is -3.23. The zero-order valence-electron chi connectivity index (χ0n) is 7.72. The highest BCUT2D eigenvalue weighted by Crippen LogP contribution is 2.27. The van der Waals surface area contributed by atoms with E-state index >= 15 is 0 Å². The fourth-order valence-electron chi connectivity index (χ4n) is 1.07. The number of benzene rings is 1. The molecule has 4 heteroatoms. The van der Waals surface area contributed by atoms with Gasteiger partial charge in [-0.3, -0.25) is 0 Å². The lowest BCUT2D eigenvalue weighted by atomic mass is 10.0. The van der Waals surface area contributed by atoms with Crippen molar-refractivity contribution in [1.29, 1.82) is 5.41 Å². The van der Waals surface area contributed by atoms with Crippen molar-refractivity contribution in [3.63, 3.8) is 0 Å². The Hall–Kier alpha value is -1.29. The van der Waals surface area contributed by atoms with Crippen molar-refractivity contribution >= 4 is 5.71 Å². The highest BCUT2D eigenvalue weighted by atomic mass is 19.3. The zero-order valence-corrected chi connectivity index (χ0v) is 7.72. The van der Waals surface area contributed by atoms with E-state index in [1.54, 1.807) is 6.07 Å². The van der Waals surface area contributed by atoms with Gasteiger partial charge < -0.3 is 10.5 Å². The van der Waals surface area contributed by atoms with Crippen LogP contribution in [0.15, 0.2) is 24.3 Å². The van der Waals surface area contributed by atoms with Crippen LogP contribution in [0.2, 0.25) is 0 Å². The molecule has 2 nitrogen and oxygen atoms in total. The minimum Gasteiger partial charge on any atom is -0.390 e. The van der Waals surface area contributed by atoms with Crippen molar-refractivity contribution in [2.24, 2.45) is 0 Å². The minimum atomic E-state index is -3.23. The van der Waals surface area contributed by atoms with Gasteiger partial charge in [-0.2, -0.15) is 8.78 Å². The molecule has 2 N–H and O–H groups in total. The maximum absolute atomic E-state index is 13.0. The normalized spacial score (nSPS) is 11.4. The number of aliphatic hydroxyl groups is 1. The number of rotatable bonds is 3. The third kappa shape index (κ3) is 2.14. The summed E-state index contributed by atoms with van der Waals surface area (Å²) in [5, 5.41) is 15.8. The molecule has 0 bridgehead atoms. The Labute approximate surface area is 80.7 Å². The Kier molecular flexibility index (Phi) is 2.96. The minimum absolute atomic E-state index is 0.223. The van der Waals surface area contributed by atoms with Gasteiger partial charge in [-0.25, -0.2) is 0 Å². The maximum atomic E-state index is 13.0. The molecule has 0 aromatic heterocycles. The van der Waals surface area contributed by atoms with Crippen molar-refractivity contribution in [3.8, 4) is 0 Å². The first-order valence-corrected chi connectivity index (χ1v) is 4.12. The zero-order chi connectivity index (χ0) is 10.8. The Balaban J connectivity index is 3.12. The third-order valence-corrected chi connectivity index (χ3v) is 1.92. The van der Waals surface area contributed by atoms with E-state index in [4.69, 9.17) is 10.5 Å². The topological polar surface area (TPSA) is 44.1 Å². The molecule has 0 unspecified atom stereocenters. The van der Waals surface area contributed by atoms with Crippen LogP contribution in [0, 0.1) is 5.41 Å². The Morgan fingerprint density at radius 2 is 2.14 bits per heavy atom. The van der Waals surface area contributed by atoms with E-state index in [0.29, 0.717) is 5.56 Å². The number of alkyl halides is 2. The van der Waals surface area contributed by atoms with E-state index in [9.17, 15) is 8.78 Å². The van der Waals surface area contributed by atoms with Gasteiger partial charge in [0.2, 0.25) is 0 Å². The molecule has 76 valence electrons. The monoisotopic (exact) mass is 199 g/mol. The largest absolute Gasteiger partial charge is 0.390 e. The molecule has 14 heavy (non-hydrogen) atoms.